The van der Waals surface area contributed by atoms with E-state index in [0.717, 1.165) is 17.8 Å². The van der Waals surface area contributed by atoms with Gasteiger partial charge in [-0.15, -0.1) is 0 Å². The second kappa shape index (κ2) is 3.61. The Morgan fingerprint density at radius 3 is 1.89 bits per heavy atom. The Labute approximate surface area is 125 Å². The zero-order valence-electron chi connectivity index (χ0n) is 12.3. The first kappa shape index (κ1) is 12.7. The molecule has 0 aromatic rings. The Morgan fingerprint density at radius 2 is 1.53 bits per heavy atom. The molecule has 5 rings (SSSR count). The maximum absolute atomic E-state index is 5.99. The van der Waals surface area contributed by atoms with Crippen LogP contribution >= 0.6 is 15.9 Å². The van der Waals surface area contributed by atoms with Crippen LogP contribution in [-0.2, 0) is 4.74 Å². The maximum Gasteiger partial charge on any atom is 0.223 e. The van der Waals surface area contributed by atoms with Gasteiger partial charge in [-0.2, -0.15) is 0 Å². The Hall–Kier alpha value is 0.0200. The molecule has 1 aliphatic heterocycles. The molecule has 106 valence electrons. The van der Waals surface area contributed by atoms with Crippen LogP contribution in [0.25, 0.3) is 0 Å². The molecule has 1 heterocycles. The fraction of sp³-hybridized carbons (Fsp3) is 0.882. The predicted molar refractivity (Wildman–Crippen MR) is 80.9 cm³/mol. The van der Waals surface area contributed by atoms with Crippen LogP contribution in [0.1, 0.15) is 59.3 Å². The Balaban J connectivity index is 1.61. The van der Waals surface area contributed by atoms with Gasteiger partial charge in [-0.1, -0.05) is 20.8 Å². The van der Waals surface area contributed by atoms with Crippen LogP contribution in [-0.4, -0.2) is 4.51 Å². The second-order valence-electron chi connectivity index (χ2n) is 8.74. The molecule has 19 heavy (non-hydrogen) atoms. The Bertz CT molecular complexity index is 409. The molecule has 5 fully saturated rings. The molecule has 2 heteroatoms. The first-order valence-electron chi connectivity index (χ1n) is 7.91. The number of rotatable bonds is 1. The van der Waals surface area contributed by atoms with Crippen molar-refractivity contribution in [1.82, 2.24) is 0 Å². The third kappa shape index (κ3) is 1.85. The molecule has 0 N–H and O–H groups in total. The number of alkyl halides is 1. The Kier molecular flexibility index (Phi) is 2.42. The lowest BCUT2D eigenvalue weighted by molar-refractivity contribution is -0.0242. The minimum atomic E-state index is -0.177. The van der Waals surface area contributed by atoms with Gasteiger partial charge in [0.2, 0.25) is 4.51 Å². The van der Waals surface area contributed by atoms with E-state index in [0.29, 0.717) is 5.41 Å². The third-order valence-electron chi connectivity index (χ3n) is 6.01. The third-order valence-corrected chi connectivity index (χ3v) is 7.76. The van der Waals surface area contributed by atoms with E-state index in [1.54, 1.807) is 0 Å². The Morgan fingerprint density at radius 1 is 1.05 bits per heavy atom. The van der Waals surface area contributed by atoms with Crippen LogP contribution in [0.2, 0.25) is 0 Å². The summed E-state index contributed by atoms with van der Waals surface area (Å²) in [7, 11) is 0. The van der Waals surface area contributed by atoms with Gasteiger partial charge < -0.3 is 4.74 Å². The molecule has 0 aromatic heterocycles. The van der Waals surface area contributed by atoms with Gasteiger partial charge in [-0.25, -0.2) is 0 Å². The molecule has 1 nitrogen and oxygen atoms in total. The quantitative estimate of drug-likeness (QED) is 0.473. The SMILES string of the molecule is CC(C)(C)[C@@]1(Br)O/C1=C\C12CC3CC(CC(C3)C1)C2. The van der Waals surface area contributed by atoms with Gasteiger partial charge in [0, 0.05) is 5.41 Å². The molecule has 0 spiro atoms. The minimum absolute atomic E-state index is 0.140. The second-order valence-corrected chi connectivity index (χ2v) is 9.85. The van der Waals surface area contributed by atoms with Crippen molar-refractivity contribution in [2.75, 3.05) is 0 Å². The summed E-state index contributed by atoms with van der Waals surface area (Å²) in [6.07, 6.45) is 11.4. The molecule has 5 aliphatic rings. The minimum Gasteiger partial charge on any atom is -0.467 e. The van der Waals surface area contributed by atoms with Crippen molar-refractivity contribution in [3.8, 4) is 0 Å². The molecule has 0 amide bonds. The summed E-state index contributed by atoms with van der Waals surface area (Å²) in [5.74, 6) is 4.27. The normalized spacial score (nSPS) is 53.5. The topological polar surface area (TPSA) is 12.5 Å². The van der Waals surface area contributed by atoms with E-state index in [1.165, 1.54) is 44.3 Å². The van der Waals surface area contributed by atoms with Crippen LogP contribution in [0.3, 0.4) is 0 Å². The van der Waals surface area contributed by atoms with Crippen LogP contribution < -0.4 is 0 Å². The van der Waals surface area contributed by atoms with Gasteiger partial charge in [0.1, 0.15) is 0 Å². The van der Waals surface area contributed by atoms with Gasteiger partial charge in [-0.05, 0) is 83.7 Å². The van der Waals surface area contributed by atoms with Gasteiger partial charge in [0.15, 0.2) is 5.76 Å². The zero-order chi connectivity index (χ0) is 13.5. The summed E-state index contributed by atoms with van der Waals surface area (Å²) >= 11 is 3.83. The first-order chi connectivity index (χ1) is 8.80. The predicted octanol–water partition coefficient (Wildman–Crippen LogP) is 5.25. The maximum atomic E-state index is 5.99. The van der Waals surface area contributed by atoms with E-state index in [1.807, 2.05) is 0 Å². The lowest BCUT2D eigenvalue weighted by Gasteiger charge is -2.55. The molecular formula is C17H25BrO. The molecule has 0 radical (unpaired) electrons. The summed E-state index contributed by atoms with van der Waals surface area (Å²) in [5, 5.41) is 0. The van der Waals surface area contributed by atoms with E-state index >= 15 is 0 Å². The molecule has 4 bridgehead atoms. The number of allylic oxidation sites excluding steroid dienone is 1. The first-order valence-corrected chi connectivity index (χ1v) is 8.70. The smallest absolute Gasteiger partial charge is 0.223 e. The van der Waals surface area contributed by atoms with Gasteiger partial charge >= 0.3 is 0 Å². The fourth-order valence-corrected chi connectivity index (χ4v) is 5.69. The molecule has 0 unspecified atom stereocenters. The lowest BCUT2D eigenvalue weighted by Crippen LogP contribution is -2.45. The largest absolute Gasteiger partial charge is 0.467 e. The molecule has 4 saturated carbocycles. The van der Waals surface area contributed by atoms with E-state index < -0.39 is 0 Å². The summed E-state index contributed by atoms with van der Waals surface area (Å²) in [6, 6.07) is 0. The van der Waals surface area contributed by atoms with E-state index in [4.69, 9.17) is 4.74 Å². The fourth-order valence-electron chi connectivity index (χ4n) is 5.40. The molecule has 1 saturated heterocycles. The lowest BCUT2D eigenvalue weighted by atomic mass is 9.49. The number of hydrogen-bond donors (Lipinski definition) is 0. The van der Waals surface area contributed by atoms with Crippen LogP contribution in [0.4, 0.5) is 0 Å². The zero-order valence-corrected chi connectivity index (χ0v) is 13.9. The molecule has 1 atom stereocenters. The van der Waals surface area contributed by atoms with E-state index in [2.05, 4.69) is 42.8 Å². The van der Waals surface area contributed by atoms with Gasteiger partial charge in [0.25, 0.3) is 0 Å². The van der Waals surface area contributed by atoms with Crippen molar-refractivity contribution >= 4 is 15.9 Å². The summed E-state index contributed by atoms with van der Waals surface area (Å²) in [4.78, 5) is 0. The highest BCUT2D eigenvalue weighted by Crippen LogP contribution is 2.64. The average Bonchev–Trinajstić information content (AvgIpc) is 2.86. The number of hydrogen-bond acceptors (Lipinski definition) is 1. The van der Waals surface area contributed by atoms with Crippen LogP contribution in [0, 0.1) is 28.6 Å². The van der Waals surface area contributed by atoms with Crippen LogP contribution in [0.15, 0.2) is 11.8 Å². The highest BCUT2D eigenvalue weighted by atomic mass is 79.9. The summed E-state index contributed by atoms with van der Waals surface area (Å²) < 4.78 is 5.81. The van der Waals surface area contributed by atoms with Gasteiger partial charge in [-0.3, -0.25) is 0 Å². The van der Waals surface area contributed by atoms with E-state index in [-0.39, 0.29) is 9.93 Å². The molecular weight excluding hydrogens is 300 g/mol. The van der Waals surface area contributed by atoms with Gasteiger partial charge in [0.05, 0.1) is 0 Å². The molecule has 0 aromatic carbocycles. The van der Waals surface area contributed by atoms with Crippen molar-refractivity contribution in [3.63, 3.8) is 0 Å². The van der Waals surface area contributed by atoms with Crippen molar-refractivity contribution in [2.45, 2.75) is 63.8 Å². The van der Waals surface area contributed by atoms with Crippen molar-refractivity contribution < 1.29 is 4.74 Å². The monoisotopic (exact) mass is 324 g/mol. The van der Waals surface area contributed by atoms with Crippen molar-refractivity contribution in [1.29, 1.82) is 0 Å². The highest BCUT2D eigenvalue weighted by molar-refractivity contribution is 9.10. The number of halogens is 1. The number of epoxide rings is 1. The van der Waals surface area contributed by atoms with Crippen molar-refractivity contribution in [3.05, 3.63) is 11.8 Å². The van der Waals surface area contributed by atoms with Crippen molar-refractivity contribution in [2.24, 2.45) is 28.6 Å². The standard InChI is InChI=1S/C17H25BrO/c1-15(2,3)17(18)14(19-17)10-16-7-11-4-12(8-16)6-13(5-11)9-16/h10-13H,4-9H2,1-3H3/b14-10-/t11?,12?,13?,16?,17-/m0/s1. The number of ether oxygens (including phenoxy) is 1. The summed E-state index contributed by atoms with van der Waals surface area (Å²) in [6.45, 7) is 6.76. The summed E-state index contributed by atoms with van der Waals surface area (Å²) in [5.41, 5.74) is 0.631. The average molecular weight is 325 g/mol. The van der Waals surface area contributed by atoms with Crippen LogP contribution in [0.5, 0.6) is 0 Å². The highest BCUT2D eigenvalue weighted by Gasteiger charge is 2.61. The molecule has 4 aliphatic carbocycles. The van der Waals surface area contributed by atoms with E-state index in [9.17, 15) is 0 Å².